The lowest BCUT2D eigenvalue weighted by Gasteiger charge is -2.47. The Balaban J connectivity index is 1.59. The predicted octanol–water partition coefficient (Wildman–Crippen LogP) is 3.80. The van der Waals surface area contributed by atoms with Crippen LogP contribution in [0.2, 0.25) is 0 Å². The Labute approximate surface area is 183 Å². The van der Waals surface area contributed by atoms with Crippen molar-refractivity contribution < 1.29 is 9.47 Å². The van der Waals surface area contributed by atoms with Crippen LogP contribution in [-0.4, -0.2) is 65.5 Å². The third kappa shape index (κ3) is 4.09. The maximum atomic E-state index is 6.37. The Morgan fingerprint density at radius 1 is 0.967 bits per heavy atom. The lowest BCUT2D eigenvalue weighted by molar-refractivity contribution is -0.133. The Kier molecular flexibility index (Phi) is 5.29. The van der Waals surface area contributed by atoms with Crippen LogP contribution in [0.15, 0.2) is 0 Å². The molecule has 0 saturated carbocycles. The fraction of sp³-hybridized carbons (Fsp3) is 0.739. The maximum absolute atomic E-state index is 6.37. The molecule has 0 amide bonds. The van der Waals surface area contributed by atoms with Gasteiger partial charge >= 0.3 is 0 Å². The first-order chi connectivity index (χ1) is 14.3. The zero-order valence-electron chi connectivity index (χ0n) is 18.8. The van der Waals surface area contributed by atoms with Gasteiger partial charge in [-0.25, -0.2) is 9.97 Å². The number of thiophene rings is 1. The van der Waals surface area contributed by atoms with Gasteiger partial charge in [0.1, 0.15) is 16.5 Å². The van der Waals surface area contributed by atoms with Crippen molar-refractivity contribution in [2.24, 2.45) is 0 Å². The molecule has 0 atom stereocenters. The van der Waals surface area contributed by atoms with Crippen LogP contribution >= 0.6 is 11.3 Å². The van der Waals surface area contributed by atoms with Gasteiger partial charge in [-0.2, -0.15) is 0 Å². The summed E-state index contributed by atoms with van der Waals surface area (Å²) in [4.78, 5) is 17.9. The molecule has 3 aliphatic rings. The first kappa shape index (κ1) is 20.6. The average Bonchev–Trinajstić information content (AvgIpc) is 3.04. The second kappa shape index (κ2) is 7.69. The molecule has 0 radical (unpaired) electrons. The van der Waals surface area contributed by atoms with Crippen molar-refractivity contribution in [3.63, 3.8) is 0 Å². The van der Waals surface area contributed by atoms with Gasteiger partial charge in [-0.05, 0) is 58.9 Å². The molecular weight excluding hydrogens is 396 g/mol. The maximum Gasteiger partial charge on any atom is 0.146 e. The van der Waals surface area contributed by atoms with Crippen molar-refractivity contribution in [1.82, 2.24) is 14.9 Å². The molecule has 0 bridgehead atoms. The lowest BCUT2D eigenvalue weighted by atomic mass is 9.95. The van der Waals surface area contributed by atoms with E-state index in [1.807, 2.05) is 11.3 Å². The molecule has 6 nitrogen and oxygen atoms in total. The molecule has 2 fully saturated rings. The number of rotatable bonds is 3. The fourth-order valence-electron chi connectivity index (χ4n) is 5.38. The molecule has 7 heteroatoms. The Morgan fingerprint density at radius 3 is 2.40 bits per heavy atom. The smallest absolute Gasteiger partial charge is 0.146 e. The van der Waals surface area contributed by atoms with Gasteiger partial charge in [0.25, 0.3) is 0 Å². The number of aryl methyl sites for hydroxylation is 2. The molecule has 2 saturated heterocycles. The number of aromatic nitrogens is 2. The molecule has 5 rings (SSSR count). The second-order valence-electron chi connectivity index (χ2n) is 10.2. The normalized spacial score (nSPS) is 24.2. The number of hydrogen-bond donors (Lipinski definition) is 0. The summed E-state index contributed by atoms with van der Waals surface area (Å²) in [5.74, 6) is 2.08. The lowest BCUT2D eigenvalue weighted by Crippen LogP contribution is -2.57. The van der Waals surface area contributed by atoms with E-state index in [-0.39, 0.29) is 11.2 Å². The summed E-state index contributed by atoms with van der Waals surface area (Å²) in [7, 11) is 0. The van der Waals surface area contributed by atoms with Crippen molar-refractivity contribution in [3.8, 4) is 0 Å². The minimum Gasteiger partial charge on any atom is -0.379 e. The van der Waals surface area contributed by atoms with Crippen LogP contribution in [-0.2, 0) is 28.9 Å². The highest BCUT2D eigenvalue weighted by Gasteiger charge is 2.40. The van der Waals surface area contributed by atoms with E-state index >= 15 is 0 Å². The number of morpholine rings is 2. The summed E-state index contributed by atoms with van der Waals surface area (Å²) in [6.07, 6.45) is 4.91. The van der Waals surface area contributed by atoms with Gasteiger partial charge in [0.05, 0.1) is 36.3 Å². The van der Waals surface area contributed by atoms with Crippen LogP contribution in [0.5, 0.6) is 0 Å². The number of nitrogens with zero attached hydrogens (tertiary/aromatic N) is 4. The number of fused-ring (bicyclic) bond motifs is 3. The van der Waals surface area contributed by atoms with Crippen LogP contribution in [0.4, 0.5) is 5.82 Å². The SMILES string of the molecule is CC1(C)CN(c2nc(CN3CCOCC3)nc3sc4c(c23)CCCC4)CC(C)(C)O1. The monoisotopic (exact) mass is 430 g/mol. The third-order valence-electron chi connectivity index (χ3n) is 6.31. The Hall–Kier alpha value is -1.28. The van der Waals surface area contributed by atoms with E-state index in [2.05, 4.69) is 37.5 Å². The molecule has 1 aliphatic carbocycles. The van der Waals surface area contributed by atoms with Gasteiger partial charge in [-0.15, -0.1) is 11.3 Å². The Morgan fingerprint density at radius 2 is 1.67 bits per heavy atom. The summed E-state index contributed by atoms with van der Waals surface area (Å²) < 4.78 is 11.9. The largest absolute Gasteiger partial charge is 0.379 e. The first-order valence-electron chi connectivity index (χ1n) is 11.4. The van der Waals surface area contributed by atoms with E-state index in [1.54, 1.807) is 0 Å². The van der Waals surface area contributed by atoms with Crippen molar-refractivity contribution in [2.45, 2.75) is 71.1 Å². The summed E-state index contributed by atoms with van der Waals surface area (Å²) >= 11 is 1.90. The van der Waals surface area contributed by atoms with Gasteiger partial charge in [0.15, 0.2) is 0 Å². The van der Waals surface area contributed by atoms with Crippen LogP contribution in [0.25, 0.3) is 10.2 Å². The molecular formula is C23H34N4O2S. The molecule has 2 aromatic rings. The second-order valence-corrected chi connectivity index (χ2v) is 11.3. The molecule has 0 N–H and O–H groups in total. The predicted molar refractivity (Wildman–Crippen MR) is 122 cm³/mol. The molecule has 0 aromatic carbocycles. The highest BCUT2D eigenvalue weighted by atomic mass is 32.1. The molecule has 2 aromatic heterocycles. The van der Waals surface area contributed by atoms with Gasteiger partial charge in [-0.1, -0.05) is 0 Å². The van der Waals surface area contributed by atoms with E-state index in [9.17, 15) is 0 Å². The van der Waals surface area contributed by atoms with Gasteiger partial charge < -0.3 is 14.4 Å². The van der Waals surface area contributed by atoms with Gasteiger partial charge in [0, 0.05) is 31.1 Å². The van der Waals surface area contributed by atoms with E-state index in [4.69, 9.17) is 19.4 Å². The highest BCUT2D eigenvalue weighted by Crippen LogP contribution is 2.41. The summed E-state index contributed by atoms with van der Waals surface area (Å²) in [6.45, 7) is 14.8. The van der Waals surface area contributed by atoms with Crippen LogP contribution in [0.1, 0.15) is 56.8 Å². The number of hydrogen-bond acceptors (Lipinski definition) is 7. The van der Waals surface area contributed by atoms with Crippen molar-refractivity contribution in [1.29, 1.82) is 0 Å². The third-order valence-corrected chi connectivity index (χ3v) is 7.49. The van der Waals surface area contributed by atoms with E-state index < -0.39 is 0 Å². The first-order valence-corrected chi connectivity index (χ1v) is 12.2. The molecule has 2 aliphatic heterocycles. The summed E-state index contributed by atoms with van der Waals surface area (Å²) in [5.41, 5.74) is 1.09. The molecule has 164 valence electrons. The summed E-state index contributed by atoms with van der Waals surface area (Å²) in [5, 5.41) is 1.31. The minimum absolute atomic E-state index is 0.209. The standard InChI is InChI=1S/C23H34N4O2S/c1-22(2)14-27(15-23(3,4)29-22)20-19-16-7-5-6-8-17(16)30-21(19)25-18(24-20)13-26-9-11-28-12-10-26/h5-15H2,1-4H3. The molecule has 30 heavy (non-hydrogen) atoms. The number of ether oxygens (including phenoxy) is 2. The Bertz CT molecular complexity index is 917. The zero-order valence-corrected chi connectivity index (χ0v) is 19.6. The zero-order chi connectivity index (χ0) is 20.9. The van der Waals surface area contributed by atoms with Gasteiger partial charge in [0.2, 0.25) is 0 Å². The van der Waals surface area contributed by atoms with Crippen LogP contribution in [0.3, 0.4) is 0 Å². The fourth-order valence-corrected chi connectivity index (χ4v) is 6.65. The van der Waals surface area contributed by atoms with Crippen molar-refractivity contribution in [2.75, 3.05) is 44.3 Å². The molecule has 0 unspecified atom stereocenters. The van der Waals surface area contributed by atoms with E-state index in [0.29, 0.717) is 0 Å². The van der Waals surface area contributed by atoms with E-state index in [0.717, 1.165) is 64.0 Å². The number of anilines is 1. The van der Waals surface area contributed by atoms with Crippen molar-refractivity contribution >= 4 is 27.4 Å². The average molecular weight is 431 g/mol. The minimum atomic E-state index is -0.209. The topological polar surface area (TPSA) is 50.7 Å². The highest BCUT2D eigenvalue weighted by molar-refractivity contribution is 7.19. The summed E-state index contributed by atoms with van der Waals surface area (Å²) in [6, 6.07) is 0. The van der Waals surface area contributed by atoms with Gasteiger partial charge in [-0.3, -0.25) is 4.90 Å². The quantitative estimate of drug-likeness (QED) is 0.738. The van der Waals surface area contributed by atoms with E-state index in [1.165, 1.54) is 39.9 Å². The molecule has 0 spiro atoms. The molecule has 4 heterocycles. The van der Waals surface area contributed by atoms with Crippen molar-refractivity contribution in [3.05, 3.63) is 16.3 Å². The van der Waals surface area contributed by atoms with Crippen LogP contribution in [0, 0.1) is 0 Å². The van der Waals surface area contributed by atoms with Crippen LogP contribution < -0.4 is 4.90 Å².